The Morgan fingerprint density at radius 2 is 2.29 bits per heavy atom. The van der Waals surface area contributed by atoms with Crippen molar-refractivity contribution in [3.63, 3.8) is 0 Å². The summed E-state index contributed by atoms with van der Waals surface area (Å²) < 4.78 is 5.62. The maximum atomic E-state index is 11.8. The Kier molecular flexibility index (Phi) is 3.58. The van der Waals surface area contributed by atoms with Gasteiger partial charge in [0.2, 0.25) is 0 Å². The van der Waals surface area contributed by atoms with Crippen LogP contribution in [-0.2, 0) is 6.42 Å². The van der Waals surface area contributed by atoms with Gasteiger partial charge in [-0.25, -0.2) is 0 Å². The summed E-state index contributed by atoms with van der Waals surface area (Å²) >= 11 is 3.40. The fraction of sp³-hybridized carbons (Fsp3) is 0.167. The molecule has 0 saturated heterocycles. The second-order valence-corrected chi connectivity index (χ2v) is 4.41. The van der Waals surface area contributed by atoms with E-state index in [1.807, 2.05) is 25.1 Å². The molecule has 17 heavy (non-hydrogen) atoms. The summed E-state index contributed by atoms with van der Waals surface area (Å²) in [5.74, 6) is -0.268. The lowest BCUT2D eigenvalue weighted by Gasteiger charge is -2.08. The van der Waals surface area contributed by atoms with Gasteiger partial charge in [-0.2, -0.15) is 0 Å². The van der Waals surface area contributed by atoms with Gasteiger partial charge in [-0.15, -0.1) is 0 Å². The van der Waals surface area contributed by atoms with Crippen molar-refractivity contribution in [3.05, 3.63) is 46.3 Å². The Hall–Kier alpha value is -1.62. The SMILES string of the molecule is CCc1cc(Br)ccc1NC(=O)c1ccon1. The Bertz CT molecular complexity index is 523. The third kappa shape index (κ3) is 2.74. The molecule has 1 aromatic carbocycles. The molecule has 2 aromatic rings. The Labute approximate surface area is 107 Å². The highest BCUT2D eigenvalue weighted by Crippen LogP contribution is 2.22. The van der Waals surface area contributed by atoms with Crippen LogP contribution >= 0.6 is 15.9 Å². The van der Waals surface area contributed by atoms with Crippen molar-refractivity contribution in [1.82, 2.24) is 5.16 Å². The molecule has 0 spiro atoms. The van der Waals surface area contributed by atoms with Crippen LogP contribution in [0.2, 0.25) is 0 Å². The van der Waals surface area contributed by atoms with Crippen LogP contribution in [0.3, 0.4) is 0 Å². The van der Waals surface area contributed by atoms with Gasteiger partial charge in [0.15, 0.2) is 5.69 Å². The van der Waals surface area contributed by atoms with Crippen molar-refractivity contribution in [2.24, 2.45) is 0 Å². The number of carbonyl (C=O) groups is 1. The van der Waals surface area contributed by atoms with Crippen molar-refractivity contribution in [3.8, 4) is 0 Å². The molecule has 0 fully saturated rings. The van der Waals surface area contributed by atoms with Gasteiger partial charge in [0.1, 0.15) is 6.26 Å². The number of aryl methyl sites for hydroxylation is 1. The maximum Gasteiger partial charge on any atom is 0.277 e. The standard InChI is InChI=1S/C12H11BrN2O2/c1-2-8-7-9(13)3-4-10(8)14-12(16)11-5-6-17-15-11/h3-7H,2H2,1H3,(H,14,16). The molecule has 0 radical (unpaired) electrons. The number of amides is 1. The van der Waals surface area contributed by atoms with Gasteiger partial charge in [0.25, 0.3) is 5.91 Å². The summed E-state index contributed by atoms with van der Waals surface area (Å²) in [6.07, 6.45) is 2.21. The van der Waals surface area contributed by atoms with E-state index >= 15 is 0 Å². The first kappa shape index (κ1) is 11.9. The second-order valence-electron chi connectivity index (χ2n) is 3.49. The van der Waals surface area contributed by atoms with Gasteiger partial charge in [-0.3, -0.25) is 4.79 Å². The first-order chi connectivity index (χ1) is 8.20. The van der Waals surface area contributed by atoms with Crippen LogP contribution in [0.25, 0.3) is 0 Å². The number of rotatable bonds is 3. The number of hydrogen-bond acceptors (Lipinski definition) is 3. The molecule has 0 aliphatic carbocycles. The van der Waals surface area contributed by atoms with E-state index in [9.17, 15) is 4.79 Å². The molecule has 4 nitrogen and oxygen atoms in total. The molecule has 2 rings (SSSR count). The van der Waals surface area contributed by atoms with E-state index in [0.29, 0.717) is 0 Å². The van der Waals surface area contributed by atoms with Crippen LogP contribution < -0.4 is 5.32 Å². The lowest BCUT2D eigenvalue weighted by molar-refractivity contribution is 0.101. The zero-order valence-electron chi connectivity index (χ0n) is 9.24. The number of anilines is 1. The minimum Gasteiger partial charge on any atom is -0.364 e. The third-order valence-corrected chi connectivity index (χ3v) is 2.86. The van der Waals surface area contributed by atoms with Crippen molar-refractivity contribution in [2.45, 2.75) is 13.3 Å². The molecule has 0 unspecified atom stereocenters. The Balaban J connectivity index is 2.21. The summed E-state index contributed by atoms with van der Waals surface area (Å²) in [7, 11) is 0. The van der Waals surface area contributed by atoms with E-state index in [0.717, 1.165) is 22.1 Å². The normalized spacial score (nSPS) is 10.2. The van der Waals surface area contributed by atoms with Gasteiger partial charge in [0.05, 0.1) is 0 Å². The highest BCUT2D eigenvalue weighted by atomic mass is 79.9. The summed E-state index contributed by atoms with van der Waals surface area (Å²) in [5.41, 5.74) is 2.13. The number of nitrogens with zero attached hydrogens (tertiary/aromatic N) is 1. The minimum absolute atomic E-state index is 0.268. The fourth-order valence-corrected chi connectivity index (χ4v) is 1.90. The lowest BCUT2D eigenvalue weighted by Crippen LogP contribution is -2.13. The van der Waals surface area contributed by atoms with Gasteiger partial charge in [0, 0.05) is 16.2 Å². The number of hydrogen-bond donors (Lipinski definition) is 1. The van der Waals surface area contributed by atoms with E-state index in [2.05, 4.69) is 30.9 Å². The van der Waals surface area contributed by atoms with E-state index < -0.39 is 0 Å². The van der Waals surface area contributed by atoms with Crippen LogP contribution in [0.1, 0.15) is 23.0 Å². The quantitative estimate of drug-likeness (QED) is 0.945. The molecule has 0 aliphatic heterocycles. The van der Waals surface area contributed by atoms with Gasteiger partial charge in [-0.05, 0) is 30.2 Å². The molecule has 0 saturated carbocycles. The Morgan fingerprint density at radius 1 is 1.47 bits per heavy atom. The Morgan fingerprint density at radius 3 is 2.94 bits per heavy atom. The van der Waals surface area contributed by atoms with Crippen molar-refractivity contribution < 1.29 is 9.32 Å². The zero-order valence-corrected chi connectivity index (χ0v) is 10.8. The minimum atomic E-state index is -0.268. The molecule has 0 aliphatic rings. The number of aromatic nitrogens is 1. The molecule has 5 heteroatoms. The van der Waals surface area contributed by atoms with Crippen LogP contribution in [0.5, 0.6) is 0 Å². The third-order valence-electron chi connectivity index (χ3n) is 2.37. The predicted octanol–water partition coefficient (Wildman–Crippen LogP) is 3.25. The summed E-state index contributed by atoms with van der Waals surface area (Å²) in [6, 6.07) is 7.26. The average Bonchev–Trinajstić information content (AvgIpc) is 2.85. The predicted molar refractivity (Wildman–Crippen MR) is 68.0 cm³/mol. The van der Waals surface area contributed by atoms with Crippen molar-refractivity contribution >= 4 is 27.5 Å². The van der Waals surface area contributed by atoms with Crippen LogP contribution in [0.4, 0.5) is 5.69 Å². The average molecular weight is 295 g/mol. The number of benzene rings is 1. The van der Waals surface area contributed by atoms with E-state index in [1.54, 1.807) is 0 Å². The molecular weight excluding hydrogens is 284 g/mol. The van der Waals surface area contributed by atoms with Gasteiger partial charge < -0.3 is 9.84 Å². The van der Waals surface area contributed by atoms with E-state index in [1.165, 1.54) is 12.3 Å². The first-order valence-corrected chi connectivity index (χ1v) is 6.00. The monoisotopic (exact) mass is 294 g/mol. The van der Waals surface area contributed by atoms with Crippen molar-refractivity contribution in [1.29, 1.82) is 0 Å². The summed E-state index contributed by atoms with van der Waals surface area (Å²) in [6.45, 7) is 2.04. The molecule has 1 aromatic heterocycles. The van der Waals surface area contributed by atoms with Crippen LogP contribution in [0.15, 0.2) is 39.5 Å². The first-order valence-electron chi connectivity index (χ1n) is 5.21. The smallest absolute Gasteiger partial charge is 0.277 e. The molecule has 88 valence electrons. The second kappa shape index (κ2) is 5.14. The van der Waals surface area contributed by atoms with Crippen molar-refractivity contribution in [2.75, 3.05) is 5.32 Å². The number of nitrogens with one attached hydrogen (secondary N) is 1. The lowest BCUT2D eigenvalue weighted by atomic mass is 10.1. The number of halogens is 1. The fourth-order valence-electron chi connectivity index (χ4n) is 1.49. The summed E-state index contributed by atoms with van der Waals surface area (Å²) in [5, 5.41) is 6.40. The molecule has 0 atom stereocenters. The molecule has 1 heterocycles. The van der Waals surface area contributed by atoms with Crippen LogP contribution in [-0.4, -0.2) is 11.1 Å². The van der Waals surface area contributed by atoms with E-state index in [-0.39, 0.29) is 11.6 Å². The van der Waals surface area contributed by atoms with Gasteiger partial charge in [-0.1, -0.05) is 28.0 Å². The molecule has 0 bridgehead atoms. The van der Waals surface area contributed by atoms with Gasteiger partial charge >= 0.3 is 0 Å². The largest absolute Gasteiger partial charge is 0.364 e. The molecule has 1 N–H and O–H groups in total. The zero-order chi connectivity index (χ0) is 12.3. The van der Waals surface area contributed by atoms with E-state index in [4.69, 9.17) is 0 Å². The summed E-state index contributed by atoms with van der Waals surface area (Å²) in [4.78, 5) is 11.8. The maximum absolute atomic E-state index is 11.8. The highest BCUT2D eigenvalue weighted by molar-refractivity contribution is 9.10. The molecule has 1 amide bonds. The molecular formula is C12H11BrN2O2. The number of carbonyl (C=O) groups excluding carboxylic acids is 1. The highest BCUT2D eigenvalue weighted by Gasteiger charge is 2.11. The van der Waals surface area contributed by atoms with Crippen LogP contribution in [0, 0.1) is 0 Å². The topological polar surface area (TPSA) is 55.1 Å².